The quantitative estimate of drug-likeness (QED) is 0.647. The first-order chi connectivity index (χ1) is 9.61. The molecule has 0 bridgehead atoms. The predicted molar refractivity (Wildman–Crippen MR) is 76.8 cm³/mol. The van der Waals surface area contributed by atoms with Gasteiger partial charge in [0, 0.05) is 37.9 Å². The normalized spacial score (nSPS) is 10.2. The highest BCUT2D eigenvalue weighted by Crippen LogP contribution is 2.17. The van der Waals surface area contributed by atoms with Crippen LogP contribution >= 0.6 is 0 Å². The van der Waals surface area contributed by atoms with Crippen molar-refractivity contribution in [2.45, 2.75) is 13.5 Å². The second kappa shape index (κ2) is 6.12. The second-order valence-electron chi connectivity index (χ2n) is 4.54. The van der Waals surface area contributed by atoms with Crippen molar-refractivity contribution in [2.24, 2.45) is 5.84 Å². The van der Waals surface area contributed by atoms with E-state index < -0.39 is 0 Å². The molecular weight excluding hydrogens is 254 g/mol. The molecule has 0 aliphatic carbocycles. The van der Waals surface area contributed by atoms with Gasteiger partial charge in [-0.05, 0) is 24.6 Å². The van der Waals surface area contributed by atoms with Crippen molar-refractivity contribution in [1.82, 2.24) is 14.9 Å². The average molecular weight is 271 g/mol. The third-order valence-electron chi connectivity index (χ3n) is 2.92. The van der Waals surface area contributed by atoms with Gasteiger partial charge in [0.2, 0.25) is 0 Å². The number of nitrogens with one attached hydrogen (secondary N) is 1. The molecule has 104 valence electrons. The SMILES string of the molecule is Cc1cc(NN)c(C(=O)N(C)Cc2cccnc2)cn1. The van der Waals surface area contributed by atoms with Gasteiger partial charge in [0.05, 0.1) is 11.3 Å². The molecule has 0 aliphatic rings. The monoisotopic (exact) mass is 271 g/mol. The number of rotatable bonds is 4. The minimum Gasteiger partial charge on any atom is -0.337 e. The van der Waals surface area contributed by atoms with Crippen LogP contribution < -0.4 is 11.3 Å². The smallest absolute Gasteiger partial charge is 0.257 e. The van der Waals surface area contributed by atoms with E-state index in [0.717, 1.165) is 11.3 Å². The maximum atomic E-state index is 12.4. The molecule has 0 unspecified atom stereocenters. The summed E-state index contributed by atoms with van der Waals surface area (Å²) in [6.07, 6.45) is 4.97. The van der Waals surface area contributed by atoms with Crippen molar-refractivity contribution in [2.75, 3.05) is 12.5 Å². The van der Waals surface area contributed by atoms with Gasteiger partial charge in [-0.1, -0.05) is 6.07 Å². The van der Waals surface area contributed by atoms with Crippen molar-refractivity contribution in [1.29, 1.82) is 0 Å². The Hall–Kier alpha value is -2.47. The summed E-state index contributed by atoms with van der Waals surface area (Å²) < 4.78 is 0. The molecule has 2 heterocycles. The Morgan fingerprint density at radius 1 is 1.45 bits per heavy atom. The number of carbonyl (C=O) groups is 1. The summed E-state index contributed by atoms with van der Waals surface area (Å²) in [6, 6.07) is 5.51. The number of pyridine rings is 2. The molecule has 6 nitrogen and oxygen atoms in total. The largest absolute Gasteiger partial charge is 0.337 e. The van der Waals surface area contributed by atoms with Crippen LogP contribution in [0.5, 0.6) is 0 Å². The third kappa shape index (κ3) is 3.10. The number of hydrazine groups is 1. The Labute approximate surface area is 117 Å². The molecule has 0 aromatic carbocycles. The number of nitrogens with zero attached hydrogens (tertiary/aromatic N) is 3. The first-order valence-corrected chi connectivity index (χ1v) is 6.19. The molecule has 2 aromatic rings. The van der Waals surface area contributed by atoms with E-state index in [1.54, 1.807) is 30.4 Å². The van der Waals surface area contributed by atoms with E-state index in [1.807, 2.05) is 19.1 Å². The zero-order chi connectivity index (χ0) is 14.5. The standard InChI is InChI=1S/C14H17N5O/c1-10-6-13(18-15)12(8-17-10)14(20)19(2)9-11-4-3-5-16-7-11/h3-8H,9,15H2,1-2H3,(H,17,18). The predicted octanol–water partition coefficient (Wildman–Crippen LogP) is 1.34. The van der Waals surface area contributed by atoms with Gasteiger partial charge in [0.15, 0.2) is 0 Å². The van der Waals surface area contributed by atoms with E-state index >= 15 is 0 Å². The third-order valence-corrected chi connectivity index (χ3v) is 2.92. The molecular formula is C14H17N5O. The zero-order valence-electron chi connectivity index (χ0n) is 11.5. The van der Waals surface area contributed by atoms with Crippen molar-refractivity contribution >= 4 is 11.6 Å². The first-order valence-electron chi connectivity index (χ1n) is 6.19. The second-order valence-corrected chi connectivity index (χ2v) is 4.54. The van der Waals surface area contributed by atoms with Crippen LogP contribution in [-0.4, -0.2) is 27.8 Å². The molecule has 0 spiro atoms. The van der Waals surface area contributed by atoms with Crippen molar-refractivity contribution in [3.63, 3.8) is 0 Å². The minimum atomic E-state index is -0.144. The molecule has 0 radical (unpaired) electrons. The number of amides is 1. The molecule has 0 atom stereocenters. The number of hydrogen-bond donors (Lipinski definition) is 2. The fourth-order valence-electron chi connectivity index (χ4n) is 1.89. The summed E-state index contributed by atoms with van der Waals surface area (Å²) >= 11 is 0. The van der Waals surface area contributed by atoms with Gasteiger partial charge in [0.25, 0.3) is 5.91 Å². The molecule has 1 amide bonds. The van der Waals surface area contributed by atoms with Gasteiger partial charge in [-0.2, -0.15) is 0 Å². The van der Waals surface area contributed by atoms with E-state index in [4.69, 9.17) is 5.84 Å². The van der Waals surface area contributed by atoms with Crippen molar-refractivity contribution < 1.29 is 4.79 Å². The van der Waals surface area contributed by atoms with E-state index in [0.29, 0.717) is 17.8 Å². The molecule has 2 aromatic heterocycles. The lowest BCUT2D eigenvalue weighted by Gasteiger charge is -2.18. The number of nitrogens with two attached hydrogens (primary N) is 1. The minimum absolute atomic E-state index is 0.144. The Balaban J connectivity index is 2.18. The number of anilines is 1. The molecule has 0 fully saturated rings. The summed E-state index contributed by atoms with van der Waals surface area (Å²) in [7, 11) is 1.73. The maximum Gasteiger partial charge on any atom is 0.257 e. The van der Waals surface area contributed by atoms with Crippen LogP contribution in [0.1, 0.15) is 21.6 Å². The fraction of sp³-hybridized carbons (Fsp3) is 0.214. The lowest BCUT2D eigenvalue weighted by molar-refractivity contribution is 0.0785. The van der Waals surface area contributed by atoms with Crippen molar-refractivity contribution in [3.8, 4) is 0 Å². The zero-order valence-corrected chi connectivity index (χ0v) is 11.5. The number of aromatic nitrogens is 2. The van der Waals surface area contributed by atoms with Gasteiger partial charge >= 0.3 is 0 Å². The van der Waals surface area contributed by atoms with E-state index in [-0.39, 0.29) is 5.91 Å². The van der Waals surface area contributed by atoms with E-state index in [2.05, 4.69) is 15.4 Å². The van der Waals surface area contributed by atoms with Crippen LogP contribution in [0.3, 0.4) is 0 Å². The van der Waals surface area contributed by atoms with Crippen LogP contribution in [0.15, 0.2) is 36.8 Å². The van der Waals surface area contributed by atoms with Crippen LogP contribution in [0, 0.1) is 6.92 Å². The van der Waals surface area contributed by atoms with Gasteiger partial charge in [-0.3, -0.25) is 20.6 Å². The molecule has 3 N–H and O–H groups in total. The molecule has 2 rings (SSSR count). The number of aryl methyl sites for hydroxylation is 1. The van der Waals surface area contributed by atoms with Gasteiger partial charge in [0.1, 0.15) is 0 Å². The summed E-state index contributed by atoms with van der Waals surface area (Å²) in [5.74, 6) is 5.31. The van der Waals surface area contributed by atoms with Gasteiger partial charge in [-0.15, -0.1) is 0 Å². The Morgan fingerprint density at radius 2 is 2.25 bits per heavy atom. The lowest BCUT2D eigenvalue weighted by atomic mass is 10.2. The summed E-state index contributed by atoms with van der Waals surface area (Å²) in [4.78, 5) is 22.2. The van der Waals surface area contributed by atoms with Crippen LogP contribution in [0.25, 0.3) is 0 Å². The Morgan fingerprint density at radius 3 is 2.90 bits per heavy atom. The van der Waals surface area contributed by atoms with Gasteiger partial charge in [-0.25, -0.2) is 0 Å². The molecule has 6 heteroatoms. The fourth-order valence-corrected chi connectivity index (χ4v) is 1.89. The van der Waals surface area contributed by atoms with E-state index in [9.17, 15) is 4.79 Å². The Kier molecular flexibility index (Phi) is 4.27. The summed E-state index contributed by atoms with van der Waals surface area (Å²) in [6.45, 7) is 2.32. The topological polar surface area (TPSA) is 84.1 Å². The highest BCUT2D eigenvalue weighted by Gasteiger charge is 2.16. The summed E-state index contributed by atoms with van der Waals surface area (Å²) in [5, 5.41) is 0. The van der Waals surface area contributed by atoms with Crippen LogP contribution in [0.2, 0.25) is 0 Å². The highest BCUT2D eigenvalue weighted by atomic mass is 16.2. The molecule has 0 saturated heterocycles. The van der Waals surface area contributed by atoms with Crippen LogP contribution in [-0.2, 0) is 6.54 Å². The molecule has 20 heavy (non-hydrogen) atoms. The van der Waals surface area contributed by atoms with Crippen molar-refractivity contribution in [3.05, 3.63) is 53.6 Å². The first kappa shape index (κ1) is 14.0. The van der Waals surface area contributed by atoms with E-state index in [1.165, 1.54) is 6.20 Å². The Bertz CT molecular complexity index is 600. The summed E-state index contributed by atoms with van der Waals surface area (Å²) in [5.41, 5.74) is 5.31. The average Bonchev–Trinajstić information content (AvgIpc) is 2.47. The lowest BCUT2D eigenvalue weighted by Crippen LogP contribution is -2.28. The molecule has 0 saturated carbocycles. The van der Waals surface area contributed by atoms with Crippen LogP contribution in [0.4, 0.5) is 5.69 Å². The number of carbonyl (C=O) groups excluding carboxylic acids is 1. The maximum absolute atomic E-state index is 12.4. The van der Waals surface area contributed by atoms with Gasteiger partial charge < -0.3 is 10.3 Å². The highest BCUT2D eigenvalue weighted by molar-refractivity contribution is 5.99. The molecule has 0 aliphatic heterocycles. The number of nitrogen functional groups attached to an aromatic ring is 1. The number of hydrogen-bond acceptors (Lipinski definition) is 5.